The fraction of sp³-hybridized carbons (Fsp3) is 0.417. The van der Waals surface area contributed by atoms with Gasteiger partial charge in [-0.15, -0.1) is 0 Å². The SMILES string of the molecule is CN(Nc1c(F)cccc1F)C(=O)OC(C)(C)C. The van der Waals surface area contributed by atoms with Crippen molar-refractivity contribution in [1.82, 2.24) is 5.01 Å². The van der Waals surface area contributed by atoms with Crippen molar-refractivity contribution in [3.8, 4) is 0 Å². The van der Waals surface area contributed by atoms with Gasteiger partial charge in [0.25, 0.3) is 0 Å². The molecule has 1 rings (SSSR count). The number of nitrogens with zero attached hydrogens (tertiary/aromatic N) is 1. The molecule has 0 aliphatic rings. The number of rotatable bonds is 2. The van der Waals surface area contributed by atoms with Crippen molar-refractivity contribution in [2.45, 2.75) is 26.4 Å². The fourth-order valence-electron chi connectivity index (χ4n) is 1.15. The largest absolute Gasteiger partial charge is 0.442 e. The summed E-state index contributed by atoms with van der Waals surface area (Å²) >= 11 is 0. The van der Waals surface area contributed by atoms with Gasteiger partial charge in [-0.1, -0.05) is 6.07 Å². The van der Waals surface area contributed by atoms with Gasteiger partial charge in [-0.3, -0.25) is 5.43 Å². The molecule has 0 aromatic heterocycles. The Morgan fingerprint density at radius 2 is 1.78 bits per heavy atom. The third kappa shape index (κ3) is 3.87. The van der Waals surface area contributed by atoms with Gasteiger partial charge in [0.1, 0.15) is 11.3 Å². The molecule has 0 aliphatic carbocycles. The maximum atomic E-state index is 13.3. The zero-order valence-corrected chi connectivity index (χ0v) is 10.8. The van der Waals surface area contributed by atoms with E-state index in [0.717, 1.165) is 17.1 Å². The molecule has 0 radical (unpaired) electrons. The summed E-state index contributed by atoms with van der Waals surface area (Å²) in [5.41, 5.74) is 1.23. The molecular formula is C12H16F2N2O2. The Morgan fingerprint density at radius 3 is 2.22 bits per heavy atom. The van der Waals surface area contributed by atoms with Crippen LogP contribution >= 0.6 is 0 Å². The van der Waals surface area contributed by atoms with Gasteiger partial charge >= 0.3 is 6.09 Å². The number of para-hydroxylation sites is 1. The Labute approximate surface area is 105 Å². The smallest absolute Gasteiger partial charge is 0.428 e. The molecular weight excluding hydrogens is 242 g/mol. The zero-order chi connectivity index (χ0) is 13.9. The summed E-state index contributed by atoms with van der Waals surface area (Å²) < 4.78 is 31.7. The molecule has 4 nitrogen and oxygen atoms in total. The number of amides is 1. The quantitative estimate of drug-likeness (QED) is 0.828. The lowest BCUT2D eigenvalue weighted by Gasteiger charge is -2.25. The zero-order valence-electron chi connectivity index (χ0n) is 10.8. The minimum atomic E-state index is -0.787. The number of carbonyl (C=O) groups excluding carboxylic acids is 1. The number of anilines is 1. The highest BCUT2D eigenvalue weighted by Gasteiger charge is 2.21. The number of hydrogen-bond donors (Lipinski definition) is 1. The van der Waals surface area contributed by atoms with E-state index in [1.165, 1.54) is 13.1 Å². The van der Waals surface area contributed by atoms with Gasteiger partial charge in [-0.05, 0) is 32.9 Å². The van der Waals surface area contributed by atoms with Crippen LogP contribution < -0.4 is 5.43 Å². The summed E-state index contributed by atoms with van der Waals surface area (Å²) in [6, 6.07) is 3.42. The lowest BCUT2D eigenvalue weighted by Crippen LogP contribution is -2.38. The number of hydrazine groups is 1. The van der Waals surface area contributed by atoms with Crippen molar-refractivity contribution < 1.29 is 18.3 Å². The molecule has 18 heavy (non-hydrogen) atoms. The van der Waals surface area contributed by atoms with E-state index in [0.29, 0.717) is 0 Å². The monoisotopic (exact) mass is 258 g/mol. The van der Waals surface area contributed by atoms with Crippen molar-refractivity contribution >= 4 is 11.8 Å². The number of ether oxygens (including phenoxy) is 1. The highest BCUT2D eigenvalue weighted by molar-refractivity contribution is 5.70. The van der Waals surface area contributed by atoms with Crippen molar-refractivity contribution in [3.05, 3.63) is 29.8 Å². The van der Waals surface area contributed by atoms with E-state index in [4.69, 9.17) is 4.74 Å². The van der Waals surface area contributed by atoms with E-state index in [2.05, 4.69) is 5.43 Å². The lowest BCUT2D eigenvalue weighted by atomic mass is 10.2. The first-order valence-electron chi connectivity index (χ1n) is 5.38. The molecule has 0 spiro atoms. The predicted molar refractivity (Wildman–Crippen MR) is 64.0 cm³/mol. The molecule has 0 saturated carbocycles. The highest BCUT2D eigenvalue weighted by atomic mass is 19.1. The molecule has 0 unspecified atom stereocenters. The highest BCUT2D eigenvalue weighted by Crippen LogP contribution is 2.19. The Hall–Kier alpha value is -1.85. The van der Waals surface area contributed by atoms with E-state index in [9.17, 15) is 13.6 Å². The second-order valence-corrected chi connectivity index (χ2v) is 4.75. The van der Waals surface area contributed by atoms with Crippen LogP contribution in [-0.4, -0.2) is 23.8 Å². The Bertz CT molecular complexity index is 424. The van der Waals surface area contributed by atoms with E-state index in [1.54, 1.807) is 20.8 Å². The lowest BCUT2D eigenvalue weighted by molar-refractivity contribution is 0.0338. The van der Waals surface area contributed by atoms with Crippen LogP contribution in [-0.2, 0) is 4.74 Å². The first kappa shape index (κ1) is 14.2. The van der Waals surface area contributed by atoms with Crippen LogP contribution in [0, 0.1) is 11.6 Å². The van der Waals surface area contributed by atoms with E-state index < -0.39 is 29.0 Å². The van der Waals surface area contributed by atoms with Crippen LogP contribution in [0.1, 0.15) is 20.8 Å². The first-order valence-corrected chi connectivity index (χ1v) is 5.38. The average molecular weight is 258 g/mol. The minimum absolute atomic E-state index is 0.397. The van der Waals surface area contributed by atoms with Gasteiger partial charge in [-0.25, -0.2) is 18.6 Å². The summed E-state index contributed by atoms with van der Waals surface area (Å²) in [6.45, 7) is 5.09. The number of nitrogens with one attached hydrogen (secondary N) is 1. The van der Waals surface area contributed by atoms with Crippen molar-refractivity contribution in [2.75, 3.05) is 12.5 Å². The first-order chi connectivity index (χ1) is 8.20. The van der Waals surface area contributed by atoms with Gasteiger partial charge in [-0.2, -0.15) is 0 Å². The topological polar surface area (TPSA) is 41.6 Å². The van der Waals surface area contributed by atoms with Gasteiger partial charge in [0.15, 0.2) is 11.6 Å². The van der Waals surface area contributed by atoms with Crippen LogP contribution in [0.25, 0.3) is 0 Å². The van der Waals surface area contributed by atoms with Crippen LogP contribution in [0.4, 0.5) is 19.3 Å². The third-order valence-electron chi connectivity index (χ3n) is 1.91. The van der Waals surface area contributed by atoms with Gasteiger partial charge in [0.2, 0.25) is 0 Å². The standard InChI is InChI=1S/C12H16F2N2O2/c1-12(2,3)18-11(17)16(4)15-10-8(13)6-5-7-9(10)14/h5-7,15H,1-4H3. The van der Waals surface area contributed by atoms with Crippen molar-refractivity contribution in [3.63, 3.8) is 0 Å². The normalized spacial score (nSPS) is 11.0. The molecule has 1 aromatic rings. The van der Waals surface area contributed by atoms with Crippen molar-refractivity contribution in [1.29, 1.82) is 0 Å². The molecule has 0 atom stereocenters. The van der Waals surface area contributed by atoms with Crippen LogP contribution in [0.2, 0.25) is 0 Å². The second-order valence-electron chi connectivity index (χ2n) is 4.75. The maximum absolute atomic E-state index is 13.3. The molecule has 1 N–H and O–H groups in total. The van der Waals surface area contributed by atoms with Gasteiger partial charge in [0, 0.05) is 7.05 Å². The van der Waals surface area contributed by atoms with Gasteiger partial charge in [0.05, 0.1) is 0 Å². The van der Waals surface area contributed by atoms with Crippen LogP contribution in [0.5, 0.6) is 0 Å². The summed E-state index contributed by atoms with van der Waals surface area (Å²) in [4.78, 5) is 11.6. The molecule has 0 saturated heterocycles. The molecule has 0 heterocycles. The molecule has 0 bridgehead atoms. The summed E-state index contributed by atoms with van der Waals surface area (Å²) in [6.07, 6.45) is -0.731. The van der Waals surface area contributed by atoms with Crippen LogP contribution in [0.15, 0.2) is 18.2 Å². The second kappa shape index (κ2) is 5.20. The Balaban J connectivity index is 2.76. The van der Waals surface area contributed by atoms with E-state index >= 15 is 0 Å². The van der Waals surface area contributed by atoms with E-state index in [-0.39, 0.29) is 0 Å². The summed E-state index contributed by atoms with van der Waals surface area (Å²) in [5, 5.41) is 0.882. The number of benzene rings is 1. The molecule has 0 fully saturated rings. The molecule has 100 valence electrons. The Morgan fingerprint density at radius 1 is 1.28 bits per heavy atom. The van der Waals surface area contributed by atoms with Gasteiger partial charge < -0.3 is 4.74 Å². The third-order valence-corrected chi connectivity index (χ3v) is 1.91. The molecule has 1 amide bonds. The molecule has 0 aliphatic heterocycles. The molecule has 1 aromatic carbocycles. The number of halogens is 2. The predicted octanol–water partition coefficient (Wildman–Crippen LogP) is 3.16. The summed E-state index contributed by atoms with van der Waals surface area (Å²) in [5.74, 6) is -1.57. The maximum Gasteiger partial charge on any atom is 0.428 e. The van der Waals surface area contributed by atoms with E-state index in [1.807, 2.05) is 0 Å². The Kier molecular flexibility index (Phi) is 4.11. The minimum Gasteiger partial charge on any atom is -0.442 e. The average Bonchev–Trinajstić information content (AvgIpc) is 2.21. The molecule has 6 heteroatoms. The number of hydrogen-bond acceptors (Lipinski definition) is 3. The van der Waals surface area contributed by atoms with Crippen molar-refractivity contribution in [2.24, 2.45) is 0 Å². The van der Waals surface area contributed by atoms with Crippen LogP contribution in [0.3, 0.4) is 0 Å². The summed E-state index contributed by atoms with van der Waals surface area (Å²) in [7, 11) is 1.32. The number of carbonyl (C=O) groups is 1. The fourth-order valence-corrected chi connectivity index (χ4v) is 1.15.